The molecule has 0 fully saturated rings. The van der Waals surface area contributed by atoms with Crippen LogP contribution in [0.5, 0.6) is 0 Å². The molecule has 0 saturated heterocycles. The maximum Gasteiger partial charge on any atom is 0.245 e. The molecule has 3 aromatic rings. The first kappa shape index (κ1) is 16.7. The number of benzene rings is 1. The van der Waals surface area contributed by atoms with Gasteiger partial charge in [0.25, 0.3) is 0 Å². The molecule has 0 spiro atoms. The molecule has 2 aromatic heterocycles. The second-order valence-electron chi connectivity index (χ2n) is 5.85. The Kier molecular flexibility index (Phi) is 5.05. The van der Waals surface area contributed by atoms with Gasteiger partial charge in [-0.3, -0.25) is 9.78 Å². The van der Waals surface area contributed by atoms with Crippen molar-refractivity contribution in [2.24, 2.45) is 0 Å². The van der Waals surface area contributed by atoms with Crippen molar-refractivity contribution in [2.75, 3.05) is 6.54 Å². The molecule has 0 unspecified atom stereocenters. The molecule has 0 aliphatic heterocycles. The van der Waals surface area contributed by atoms with E-state index in [1.54, 1.807) is 23.6 Å². The van der Waals surface area contributed by atoms with Gasteiger partial charge in [0.15, 0.2) is 0 Å². The van der Waals surface area contributed by atoms with E-state index in [9.17, 15) is 4.79 Å². The highest BCUT2D eigenvalue weighted by atomic mass is 16.2. The number of imidazole rings is 1. The van der Waals surface area contributed by atoms with Crippen LogP contribution in [0.1, 0.15) is 24.9 Å². The number of para-hydroxylation sites is 2. The highest BCUT2D eigenvalue weighted by molar-refractivity contribution is 5.83. The van der Waals surface area contributed by atoms with E-state index in [0.717, 1.165) is 16.6 Å². The summed E-state index contributed by atoms with van der Waals surface area (Å²) in [7, 11) is 0. The lowest BCUT2D eigenvalue weighted by molar-refractivity contribution is -0.134. The van der Waals surface area contributed by atoms with Crippen molar-refractivity contribution >= 4 is 16.9 Å². The normalized spacial score (nSPS) is 11.8. The second kappa shape index (κ2) is 7.58. The van der Waals surface area contributed by atoms with E-state index in [0.29, 0.717) is 19.5 Å². The number of fused-ring (bicyclic) bond motifs is 1. The summed E-state index contributed by atoms with van der Waals surface area (Å²) in [6.07, 6.45) is 5.43. The van der Waals surface area contributed by atoms with Crippen LogP contribution in [0.25, 0.3) is 11.0 Å². The molecule has 25 heavy (non-hydrogen) atoms. The predicted molar refractivity (Wildman–Crippen MR) is 94.3 cm³/mol. The molecular formula is C19H19N5O. The zero-order valence-corrected chi connectivity index (χ0v) is 14.0. The third-order valence-electron chi connectivity index (χ3n) is 4.16. The van der Waals surface area contributed by atoms with E-state index >= 15 is 0 Å². The van der Waals surface area contributed by atoms with E-state index in [4.69, 9.17) is 5.26 Å². The summed E-state index contributed by atoms with van der Waals surface area (Å²) in [5.41, 5.74) is 2.72. The summed E-state index contributed by atoms with van der Waals surface area (Å²) in [4.78, 5) is 23.2. The fourth-order valence-electron chi connectivity index (χ4n) is 2.83. The molecular weight excluding hydrogens is 314 g/mol. The summed E-state index contributed by atoms with van der Waals surface area (Å²) in [5.74, 6) is -0.0396. The molecule has 0 aliphatic carbocycles. The topological polar surface area (TPSA) is 74.8 Å². The van der Waals surface area contributed by atoms with Gasteiger partial charge in [-0.15, -0.1) is 0 Å². The maximum absolute atomic E-state index is 13.0. The number of nitriles is 1. The number of hydrogen-bond donors (Lipinski definition) is 0. The van der Waals surface area contributed by atoms with Crippen LogP contribution in [-0.2, 0) is 11.3 Å². The number of amides is 1. The lowest BCUT2D eigenvalue weighted by Crippen LogP contribution is -2.36. The third kappa shape index (κ3) is 3.66. The lowest BCUT2D eigenvalue weighted by atomic mass is 10.2. The molecule has 126 valence electrons. The maximum atomic E-state index is 13.0. The monoisotopic (exact) mass is 333 g/mol. The first-order valence-corrected chi connectivity index (χ1v) is 8.17. The number of carbonyl (C=O) groups excluding carboxylic acids is 1. The fraction of sp³-hybridized carbons (Fsp3) is 0.263. The highest BCUT2D eigenvalue weighted by Crippen LogP contribution is 2.20. The Labute approximate surface area is 146 Å². The van der Waals surface area contributed by atoms with E-state index in [-0.39, 0.29) is 5.91 Å². The smallest absolute Gasteiger partial charge is 0.245 e. The molecule has 6 nitrogen and oxygen atoms in total. The number of rotatable bonds is 6. The largest absolute Gasteiger partial charge is 0.335 e. The molecule has 0 radical (unpaired) electrons. The number of carbonyl (C=O) groups is 1. The average molecular weight is 333 g/mol. The molecule has 0 N–H and O–H groups in total. The molecule has 0 aliphatic rings. The van der Waals surface area contributed by atoms with Crippen LogP contribution in [0, 0.1) is 11.3 Å². The molecule has 6 heteroatoms. The number of nitrogens with zero attached hydrogens (tertiary/aromatic N) is 5. The molecule has 0 bridgehead atoms. The lowest BCUT2D eigenvalue weighted by Gasteiger charge is -2.26. The van der Waals surface area contributed by atoms with Gasteiger partial charge in [0, 0.05) is 25.5 Å². The minimum atomic E-state index is -0.400. The van der Waals surface area contributed by atoms with E-state index in [2.05, 4.69) is 16.0 Å². The van der Waals surface area contributed by atoms with Gasteiger partial charge < -0.3 is 9.47 Å². The Balaban J connectivity index is 1.84. The van der Waals surface area contributed by atoms with Crippen LogP contribution < -0.4 is 0 Å². The summed E-state index contributed by atoms with van der Waals surface area (Å²) in [6, 6.07) is 13.2. The Bertz CT molecular complexity index is 897. The molecule has 0 saturated carbocycles. The van der Waals surface area contributed by atoms with Gasteiger partial charge in [-0.1, -0.05) is 18.2 Å². The van der Waals surface area contributed by atoms with Crippen LogP contribution >= 0.6 is 0 Å². The Hall–Kier alpha value is -3.20. The van der Waals surface area contributed by atoms with E-state index in [1.165, 1.54) is 0 Å². The molecule has 1 aromatic carbocycles. The second-order valence-corrected chi connectivity index (χ2v) is 5.85. The minimum Gasteiger partial charge on any atom is -0.335 e. The summed E-state index contributed by atoms with van der Waals surface area (Å²) in [5, 5.41) is 8.91. The van der Waals surface area contributed by atoms with Gasteiger partial charge in [-0.05, 0) is 30.7 Å². The van der Waals surface area contributed by atoms with Crippen molar-refractivity contribution in [3.05, 3.63) is 60.7 Å². The molecule has 1 amide bonds. The van der Waals surface area contributed by atoms with E-state index in [1.807, 2.05) is 47.9 Å². The van der Waals surface area contributed by atoms with Crippen molar-refractivity contribution in [1.29, 1.82) is 5.26 Å². The van der Waals surface area contributed by atoms with Crippen molar-refractivity contribution in [2.45, 2.75) is 25.9 Å². The van der Waals surface area contributed by atoms with Crippen molar-refractivity contribution < 1.29 is 4.79 Å². The first-order valence-electron chi connectivity index (χ1n) is 8.17. The van der Waals surface area contributed by atoms with Gasteiger partial charge in [0.05, 0.1) is 29.9 Å². The summed E-state index contributed by atoms with van der Waals surface area (Å²) in [6.45, 7) is 2.69. The van der Waals surface area contributed by atoms with Crippen molar-refractivity contribution in [1.82, 2.24) is 19.4 Å². The van der Waals surface area contributed by atoms with Gasteiger partial charge in [0.2, 0.25) is 5.91 Å². The predicted octanol–water partition coefficient (Wildman–Crippen LogP) is 2.93. The summed E-state index contributed by atoms with van der Waals surface area (Å²) >= 11 is 0. The number of aromatic nitrogens is 3. The Morgan fingerprint density at radius 2 is 2.16 bits per heavy atom. The van der Waals surface area contributed by atoms with Crippen LogP contribution in [0.15, 0.2) is 55.1 Å². The van der Waals surface area contributed by atoms with Crippen molar-refractivity contribution in [3.63, 3.8) is 0 Å². The Morgan fingerprint density at radius 1 is 1.32 bits per heavy atom. The number of hydrogen-bond acceptors (Lipinski definition) is 4. The van der Waals surface area contributed by atoms with Crippen LogP contribution in [0.4, 0.5) is 0 Å². The van der Waals surface area contributed by atoms with Gasteiger partial charge >= 0.3 is 0 Å². The molecule has 2 heterocycles. The summed E-state index contributed by atoms with van der Waals surface area (Å²) < 4.78 is 1.88. The first-order chi connectivity index (χ1) is 12.2. The van der Waals surface area contributed by atoms with Gasteiger partial charge in [-0.2, -0.15) is 5.26 Å². The zero-order chi connectivity index (χ0) is 17.6. The van der Waals surface area contributed by atoms with Crippen LogP contribution in [0.3, 0.4) is 0 Å². The quantitative estimate of drug-likeness (QED) is 0.695. The van der Waals surface area contributed by atoms with Crippen LogP contribution in [0.2, 0.25) is 0 Å². The molecule has 1 atom stereocenters. The van der Waals surface area contributed by atoms with Gasteiger partial charge in [-0.25, -0.2) is 4.98 Å². The SMILES string of the molecule is C[C@@H](C(=O)N(CCC#N)Cc1cccnc1)n1cnc2ccccc21. The highest BCUT2D eigenvalue weighted by Gasteiger charge is 2.23. The third-order valence-corrected chi connectivity index (χ3v) is 4.16. The Morgan fingerprint density at radius 3 is 2.92 bits per heavy atom. The fourth-order valence-corrected chi connectivity index (χ4v) is 2.83. The van der Waals surface area contributed by atoms with Crippen molar-refractivity contribution in [3.8, 4) is 6.07 Å². The van der Waals surface area contributed by atoms with Crippen LogP contribution in [-0.4, -0.2) is 31.9 Å². The van der Waals surface area contributed by atoms with Gasteiger partial charge in [0.1, 0.15) is 6.04 Å². The standard InChI is InChI=1S/C19H19N5O/c1-15(24-14-22-17-7-2-3-8-18(17)24)19(25)23(11-5-9-20)13-16-6-4-10-21-12-16/h2-4,6-8,10,12,14-15H,5,11,13H2,1H3/t15-/m0/s1. The van der Waals surface area contributed by atoms with E-state index < -0.39 is 6.04 Å². The molecule has 3 rings (SSSR count). The minimum absolute atomic E-state index is 0.0396. The average Bonchev–Trinajstić information content (AvgIpc) is 3.09. The number of pyridine rings is 1. The zero-order valence-electron chi connectivity index (χ0n) is 14.0.